The topological polar surface area (TPSA) is 79.7 Å². The first-order chi connectivity index (χ1) is 16.8. The molecule has 0 saturated heterocycles. The Morgan fingerprint density at radius 1 is 1.23 bits per heavy atom. The molecule has 184 valence electrons. The summed E-state index contributed by atoms with van der Waals surface area (Å²) in [6.07, 6.45) is 11.6. The number of benzene rings is 1. The quantitative estimate of drug-likeness (QED) is 0.624. The summed E-state index contributed by atoms with van der Waals surface area (Å²) in [5.41, 5.74) is 6.10. The molecule has 1 amide bonds. The number of aromatic nitrogens is 1. The number of ether oxygens (including phenoxy) is 1. The number of carbonyl (C=O) groups excluding carboxylic acids is 1. The van der Waals surface area contributed by atoms with E-state index in [4.69, 9.17) is 9.84 Å². The van der Waals surface area contributed by atoms with Crippen molar-refractivity contribution in [1.82, 2.24) is 9.88 Å². The molecule has 35 heavy (non-hydrogen) atoms. The number of carboxylic acids is 1. The number of hydrogen-bond donors (Lipinski definition) is 1. The first kappa shape index (κ1) is 23.6. The number of nitrogens with zero attached hydrogens (tertiary/aromatic N) is 2. The lowest BCUT2D eigenvalue weighted by molar-refractivity contribution is -0.137. The van der Waals surface area contributed by atoms with Gasteiger partial charge in [-0.1, -0.05) is 19.1 Å². The zero-order chi connectivity index (χ0) is 24.7. The zero-order valence-electron chi connectivity index (χ0n) is 20.8. The van der Waals surface area contributed by atoms with Crippen molar-refractivity contribution in [3.8, 4) is 5.75 Å². The Morgan fingerprint density at radius 3 is 2.83 bits per heavy atom. The number of rotatable bonds is 6. The Bertz CT molecular complexity index is 1190. The van der Waals surface area contributed by atoms with E-state index in [1.165, 1.54) is 27.2 Å². The molecule has 0 spiro atoms. The molecule has 0 aliphatic heterocycles. The highest BCUT2D eigenvalue weighted by Crippen LogP contribution is 2.63. The molecule has 1 aromatic heterocycles. The molecule has 3 unspecified atom stereocenters. The lowest BCUT2D eigenvalue weighted by Crippen LogP contribution is -2.41. The number of aliphatic carboxylic acids is 1. The van der Waals surface area contributed by atoms with E-state index in [2.05, 4.69) is 36.2 Å². The van der Waals surface area contributed by atoms with Crippen molar-refractivity contribution < 1.29 is 19.4 Å². The average Bonchev–Trinajstić information content (AvgIpc) is 3.23. The minimum atomic E-state index is -0.891. The fraction of sp³-hybridized carbons (Fsp3) is 0.483. The van der Waals surface area contributed by atoms with Gasteiger partial charge in [-0.05, 0) is 95.7 Å². The minimum absolute atomic E-state index is 0.0427. The molecule has 2 aromatic rings. The van der Waals surface area contributed by atoms with E-state index in [9.17, 15) is 9.59 Å². The predicted molar refractivity (Wildman–Crippen MR) is 134 cm³/mol. The van der Waals surface area contributed by atoms with E-state index in [1.54, 1.807) is 20.4 Å². The maximum Gasteiger partial charge on any atom is 0.305 e. The molecule has 0 bridgehead atoms. The minimum Gasteiger partial charge on any atom is -0.495 e. The first-order valence-corrected chi connectivity index (χ1v) is 12.6. The number of hydrogen-bond acceptors (Lipinski definition) is 4. The van der Waals surface area contributed by atoms with Gasteiger partial charge in [0.25, 0.3) is 5.91 Å². The van der Waals surface area contributed by atoms with Crippen LogP contribution in [0.3, 0.4) is 0 Å². The lowest BCUT2D eigenvalue weighted by atomic mass is 9.54. The Labute approximate surface area is 207 Å². The fourth-order valence-corrected chi connectivity index (χ4v) is 6.99. The van der Waals surface area contributed by atoms with Crippen LogP contribution in [0.2, 0.25) is 0 Å². The van der Waals surface area contributed by atoms with Crippen LogP contribution in [-0.4, -0.2) is 47.6 Å². The van der Waals surface area contributed by atoms with Gasteiger partial charge in [0.05, 0.1) is 19.7 Å². The highest BCUT2D eigenvalue weighted by molar-refractivity contribution is 5.94. The third-order valence-corrected chi connectivity index (χ3v) is 8.82. The van der Waals surface area contributed by atoms with E-state index in [0.717, 1.165) is 37.9 Å². The molecule has 1 fully saturated rings. The average molecular weight is 475 g/mol. The molecular weight excluding hydrogens is 440 g/mol. The molecule has 6 heteroatoms. The van der Waals surface area contributed by atoms with Crippen LogP contribution in [0.15, 0.2) is 42.7 Å². The van der Waals surface area contributed by atoms with E-state index in [-0.39, 0.29) is 24.3 Å². The maximum atomic E-state index is 12.8. The van der Waals surface area contributed by atoms with Gasteiger partial charge >= 0.3 is 5.97 Å². The van der Waals surface area contributed by atoms with Crippen molar-refractivity contribution in [2.45, 2.75) is 51.4 Å². The maximum absolute atomic E-state index is 12.8. The summed E-state index contributed by atoms with van der Waals surface area (Å²) in [5, 5.41) is 8.92. The van der Waals surface area contributed by atoms with Gasteiger partial charge in [0, 0.05) is 25.4 Å². The van der Waals surface area contributed by atoms with Gasteiger partial charge < -0.3 is 14.7 Å². The highest BCUT2D eigenvalue weighted by Gasteiger charge is 2.52. The van der Waals surface area contributed by atoms with Crippen molar-refractivity contribution in [1.29, 1.82) is 0 Å². The summed E-state index contributed by atoms with van der Waals surface area (Å²) in [6, 6.07) is 8.27. The van der Waals surface area contributed by atoms with Crippen LogP contribution >= 0.6 is 0 Å². The van der Waals surface area contributed by atoms with Gasteiger partial charge in [0.1, 0.15) is 5.75 Å². The molecule has 1 saturated carbocycles. The van der Waals surface area contributed by atoms with Crippen LogP contribution < -0.4 is 4.74 Å². The summed E-state index contributed by atoms with van der Waals surface area (Å²) in [6.45, 7) is 2.66. The fourth-order valence-electron chi connectivity index (χ4n) is 6.99. The largest absolute Gasteiger partial charge is 0.495 e. The Hall–Kier alpha value is -3.15. The third-order valence-electron chi connectivity index (χ3n) is 8.82. The standard InChI is InChI=1S/C29H34N2O4/c1-29-12-10-23-22-6-5-19(28(34)31(2)13-11-27(32)33)14-18(22)4-7-24(23)26(29)9-8-25(29)20-15-21(35-3)17-30-16-20/h5-6,8,14-17,23-24,26H,4,7,9-13H2,1-3H3,(H,32,33)/t23?,24?,26?,29-/m1/s1. The summed E-state index contributed by atoms with van der Waals surface area (Å²) >= 11 is 0. The number of aryl methyl sites for hydroxylation is 1. The van der Waals surface area contributed by atoms with Crippen LogP contribution in [0.25, 0.3) is 5.57 Å². The van der Waals surface area contributed by atoms with Gasteiger partial charge in [0.15, 0.2) is 0 Å². The molecule has 4 atom stereocenters. The van der Waals surface area contributed by atoms with Crippen LogP contribution in [0, 0.1) is 17.3 Å². The second-order valence-corrected chi connectivity index (χ2v) is 10.6. The van der Waals surface area contributed by atoms with Crippen LogP contribution in [0.4, 0.5) is 0 Å². The molecule has 0 radical (unpaired) electrons. The number of pyridine rings is 1. The lowest BCUT2D eigenvalue weighted by Gasteiger charge is -2.50. The van der Waals surface area contributed by atoms with Gasteiger partial charge in [0.2, 0.25) is 0 Å². The van der Waals surface area contributed by atoms with Crippen molar-refractivity contribution in [3.63, 3.8) is 0 Å². The van der Waals surface area contributed by atoms with E-state index >= 15 is 0 Å². The molecule has 5 rings (SSSR count). The van der Waals surface area contributed by atoms with Crippen molar-refractivity contribution in [2.24, 2.45) is 17.3 Å². The zero-order valence-corrected chi connectivity index (χ0v) is 20.8. The van der Waals surface area contributed by atoms with Crippen LogP contribution in [-0.2, 0) is 11.2 Å². The van der Waals surface area contributed by atoms with E-state index in [1.807, 2.05) is 12.3 Å². The number of carboxylic acid groups (broad SMARTS) is 1. The first-order valence-electron chi connectivity index (χ1n) is 12.6. The number of allylic oxidation sites excluding steroid dienone is 2. The molecule has 3 aliphatic carbocycles. The van der Waals surface area contributed by atoms with Crippen LogP contribution in [0.1, 0.15) is 72.0 Å². The molecule has 6 nitrogen and oxygen atoms in total. The number of amides is 1. The van der Waals surface area contributed by atoms with Gasteiger partial charge in [-0.25, -0.2) is 0 Å². The van der Waals surface area contributed by atoms with Crippen molar-refractivity contribution in [3.05, 3.63) is 65.0 Å². The smallest absolute Gasteiger partial charge is 0.305 e. The Kier molecular flexibility index (Phi) is 6.16. The molecule has 3 aliphatic rings. The molecule has 1 heterocycles. The summed E-state index contributed by atoms with van der Waals surface area (Å²) in [4.78, 5) is 29.6. The third kappa shape index (κ3) is 4.13. The van der Waals surface area contributed by atoms with Gasteiger partial charge in [-0.15, -0.1) is 0 Å². The second kappa shape index (κ2) is 9.14. The Balaban J connectivity index is 1.35. The van der Waals surface area contributed by atoms with Gasteiger partial charge in [-0.3, -0.25) is 14.6 Å². The predicted octanol–water partition coefficient (Wildman–Crippen LogP) is 5.19. The van der Waals surface area contributed by atoms with Crippen molar-refractivity contribution >= 4 is 17.4 Å². The van der Waals surface area contributed by atoms with Gasteiger partial charge in [-0.2, -0.15) is 0 Å². The molecule has 1 N–H and O–H groups in total. The summed E-state index contributed by atoms with van der Waals surface area (Å²) < 4.78 is 5.43. The normalized spacial score (nSPS) is 26.7. The number of methoxy groups -OCH3 is 1. The van der Waals surface area contributed by atoms with E-state index < -0.39 is 5.97 Å². The van der Waals surface area contributed by atoms with Crippen LogP contribution in [0.5, 0.6) is 5.75 Å². The SMILES string of the molecule is COc1cncc(C2=CCC3C4CCc5cc(C(=O)N(C)CCC(=O)O)ccc5C4CC[C@]23C)c1. The summed E-state index contributed by atoms with van der Waals surface area (Å²) in [7, 11) is 3.36. The summed E-state index contributed by atoms with van der Waals surface area (Å²) in [5.74, 6) is 1.57. The monoisotopic (exact) mass is 474 g/mol. The molecule has 1 aromatic carbocycles. The van der Waals surface area contributed by atoms with E-state index in [0.29, 0.717) is 23.3 Å². The van der Waals surface area contributed by atoms with Crippen molar-refractivity contribution in [2.75, 3.05) is 20.7 Å². The highest BCUT2D eigenvalue weighted by atomic mass is 16.5. The number of fused-ring (bicyclic) bond motifs is 5. The second-order valence-electron chi connectivity index (χ2n) is 10.6. The Morgan fingerprint density at radius 2 is 2.06 bits per heavy atom. The molecular formula is C29H34N2O4. The number of carbonyl (C=O) groups is 2.